The maximum Gasteiger partial charge on any atom is 0.321 e. The molecule has 15 heteroatoms. The van der Waals surface area contributed by atoms with Crippen LogP contribution in [0.1, 0.15) is 18.5 Å². The fourth-order valence-corrected chi connectivity index (χ4v) is 1.27. The number of hydrogen-bond acceptors (Lipinski definition) is 9. The molecule has 3 unspecified atom stereocenters. The number of carboxylic acid groups (broad SMARTS) is 5. The molecule has 1 heterocycles. The summed E-state index contributed by atoms with van der Waals surface area (Å²) in [6, 6.07) is -3.43. The van der Waals surface area contributed by atoms with E-state index >= 15 is 0 Å². The highest BCUT2D eigenvalue weighted by molar-refractivity contribution is 5.80. The number of nitrogens with one attached hydrogen (secondary N) is 1. The Balaban J connectivity index is 0. The molecule has 0 aliphatic heterocycles. The molecule has 29 heavy (non-hydrogen) atoms. The van der Waals surface area contributed by atoms with Gasteiger partial charge in [0.05, 0.1) is 19.2 Å². The van der Waals surface area contributed by atoms with E-state index in [9.17, 15) is 24.0 Å². The van der Waals surface area contributed by atoms with Crippen LogP contribution in [0.25, 0.3) is 0 Å². The molecule has 0 fully saturated rings. The smallest absolute Gasteiger partial charge is 0.321 e. The fraction of sp³-hybridized carbons (Fsp3) is 0.429. The van der Waals surface area contributed by atoms with E-state index in [0.29, 0.717) is 0 Å². The van der Waals surface area contributed by atoms with Crippen LogP contribution < -0.4 is 17.2 Å². The van der Waals surface area contributed by atoms with Crippen molar-refractivity contribution < 1.29 is 49.5 Å². The summed E-state index contributed by atoms with van der Waals surface area (Å²) in [7, 11) is 0. The molecule has 0 saturated heterocycles. The summed E-state index contributed by atoms with van der Waals surface area (Å²) < 4.78 is 0. The van der Waals surface area contributed by atoms with E-state index < -0.39 is 60.8 Å². The minimum absolute atomic E-state index is 0.287. The number of carboxylic acids is 5. The van der Waals surface area contributed by atoms with Crippen molar-refractivity contribution in [1.82, 2.24) is 9.97 Å². The molecule has 0 saturated carbocycles. The number of aromatic amines is 1. The van der Waals surface area contributed by atoms with Gasteiger partial charge in [-0.05, 0) is 0 Å². The summed E-state index contributed by atoms with van der Waals surface area (Å²) in [4.78, 5) is 56.0. The highest BCUT2D eigenvalue weighted by Crippen LogP contribution is 1.95. The van der Waals surface area contributed by atoms with Crippen LogP contribution >= 0.6 is 0 Å². The Kier molecular flexibility index (Phi) is 13.8. The molecule has 15 nitrogen and oxygen atoms in total. The predicted octanol–water partition coefficient (Wildman–Crippen LogP) is -2.89. The lowest BCUT2D eigenvalue weighted by Gasteiger charge is -2.02. The van der Waals surface area contributed by atoms with Gasteiger partial charge in [0, 0.05) is 18.3 Å². The third-order valence-electron chi connectivity index (χ3n) is 2.74. The summed E-state index contributed by atoms with van der Waals surface area (Å²) in [6.45, 7) is 0. The van der Waals surface area contributed by atoms with E-state index in [1.807, 2.05) is 0 Å². The number of H-pyrrole nitrogens is 1. The minimum atomic E-state index is -1.29. The first-order chi connectivity index (χ1) is 13.3. The summed E-state index contributed by atoms with van der Waals surface area (Å²) in [5.74, 6) is -6.00. The molecule has 1 aromatic rings. The molecule has 0 aliphatic carbocycles. The molecule has 0 spiro atoms. The van der Waals surface area contributed by atoms with Crippen LogP contribution in [0.3, 0.4) is 0 Å². The summed E-state index contributed by atoms with van der Waals surface area (Å²) >= 11 is 0. The van der Waals surface area contributed by atoms with Crippen LogP contribution in [-0.2, 0) is 30.4 Å². The molecular formula is C14H23N5O10. The van der Waals surface area contributed by atoms with Crippen molar-refractivity contribution >= 4 is 29.8 Å². The lowest BCUT2D eigenvalue weighted by atomic mass is 10.2. The minimum Gasteiger partial charge on any atom is -0.481 e. The monoisotopic (exact) mass is 421 g/mol. The first-order valence-electron chi connectivity index (χ1n) is 7.63. The lowest BCUT2D eigenvalue weighted by molar-refractivity contribution is -0.144. The van der Waals surface area contributed by atoms with Crippen molar-refractivity contribution in [1.29, 1.82) is 0 Å². The number of imidazole rings is 1. The molecule has 0 bridgehead atoms. The van der Waals surface area contributed by atoms with Gasteiger partial charge in [0.25, 0.3) is 0 Å². The molecular weight excluding hydrogens is 398 g/mol. The maximum atomic E-state index is 10.3. The zero-order chi connectivity index (χ0) is 23.1. The van der Waals surface area contributed by atoms with Gasteiger partial charge in [-0.3, -0.25) is 24.0 Å². The topological polar surface area (TPSA) is 293 Å². The van der Waals surface area contributed by atoms with Crippen molar-refractivity contribution in [3.05, 3.63) is 18.2 Å². The van der Waals surface area contributed by atoms with Gasteiger partial charge in [0.1, 0.15) is 18.1 Å². The third kappa shape index (κ3) is 16.3. The fourth-order valence-electron chi connectivity index (χ4n) is 1.27. The first-order valence-corrected chi connectivity index (χ1v) is 7.63. The van der Waals surface area contributed by atoms with Crippen LogP contribution in [0.15, 0.2) is 12.5 Å². The Bertz CT molecular complexity index is 646. The van der Waals surface area contributed by atoms with Crippen molar-refractivity contribution in [2.45, 2.75) is 37.4 Å². The van der Waals surface area contributed by atoms with E-state index in [2.05, 4.69) is 9.97 Å². The lowest BCUT2D eigenvalue weighted by Crippen LogP contribution is -2.32. The van der Waals surface area contributed by atoms with Crippen molar-refractivity contribution in [2.75, 3.05) is 0 Å². The van der Waals surface area contributed by atoms with Crippen LogP contribution in [0, 0.1) is 0 Å². The van der Waals surface area contributed by atoms with Gasteiger partial charge in [-0.2, -0.15) is 0 Å². The van der Waals surface area contributed by atoms with Gasteiger partial charge in [0.15, 0.2) is 0 Å². The largest absolute Gasteiger partial charge is 0.481 e. The van der Waals surface area contributed by atoms with Crippen molar-refractivity contribution in [3.8, 4) is 0 Å². The highest BCUT2D eigenvalue weighted by atomic mass is 16.4. The van der Waals surface area contributed by atoms with Gasteiger partial charge in [0.2, 0.25) is 0 Å². The Hall–Kier alpha value is -3.56. The second-order valence-corrected chi connectivity index (χ2v) is 5.31. The summed E-state index contributed by atoms with van der Waals surface area (Å²) in [5.41, 5.74) is 15.7. The van der Waals surface area contributed by atoms with Crippen molar-refractivity contribution in [2.24, 2.45) is 17.2 Å². The Morgan fingerprint density at radius 1 is 0.793 bits per heavy atom. The third-order valence-corrected chi connectivity index (χ3v) is 2.74. The Labute approximate surface area is 163 Å². The highest BCUT2D eigenvalue weighted by Gasteiger charge is 2.15. The molecule has 3 atom stereocenters. The SMILES string of the molecule is NC(CC(=O)O)C(=O)O.NC(CC(=O)O)C(=O)O.NC(Cc1cnc[nH]1)C(=O)O. The van der Waals surface area contributed by atoms with Crippen molar-refractivity contribution in [3.63, 3.8) is 0 Å². The number of carbonyl (C=O) groups is 5. The molecule has 0 amide bonds. The number of rotatable bonds is 9. The predicted molar refractivity (Wildman–Crippen MR) is 93.6 cm³/mol. The Morgan fingerprint density at radius 2 is 1.17 bits per heavy atom. The Morgan fingerprint density at radius 3 is 1.38 bits per heavy atom. The van der Waals surface area contributed by atoms with Crippen LogP contribution in [-0.4, -0.2) is 83.5 Å². The van der Waals surface area contributed by atoms with E-state index in [4.69, 9.17) is 42.7 Å². The second kappa shape index (κ2) is 14.5. The van der Waals surface area contributed by atoms with Crippen LogP contribution in [0.5, 0.6) is 0 Å². The number of aromatic nitrogens is 2. The molecule has 0 aliphatic rings. The number of nitrogens with two attached hydrogens (primary N) is 3. The summed E-state index contributed by atoms with van der Waals surface area (Å²) in [6.07, 6.45) is 2.27. The average molecular weight is 421 g/mol. The number of aliphatic carboxylic acids is 5. The zero-order valence-corrected chi connectivity index (χ0v) is 15.0. The van der Waals surface area contributed by atoms with E-state index in [1.54, 1.807) is 6.20 Å². The molecule has 164 valence electrons. The second-order valence-electron chi connectivity index (χ2n) is 5.31. The number of nitrogens with zero attached hydrogens (tertiary/aromatic N) is 1. The van der Waals surface area contributed by atoms with E-state index in [-0.39, 0.29) is 6.42 Å². The molecule has 1 rings (SSSR count). The standard InChI is InChI=1S/C6H9N3O2.2C4H7NO4/c7-5(6(10)11)1-4-2-8-3-9-4;2*5-2(4(8)9)1-3(6)7/h2-3,5H,1,7H2,(H,8,9)(H,10,11);2*2H,1,5H2,(H,6,7)(H,8,9). The van der Waals surface area contributed by atoms with Gasteiger partial charge in [-0.15, -0.1) is 0 Å². The quantitative estimate of drug-likeness (QED) is 0.193. The van der Waals surface area contributed by atoms with E-state index in [0.717, 1.165) is 5.69 Å². The normalized spacial score (nSPS) is 12.7. The first kappa shape index (κ1) is 27.7. The van der Waals surface area contributed by atoms with Gasteiger partial charge < -0.3 is 47.7 Å². The molecule has 1 aromatic heterocycles. The van der Waals surface area contributed by atoms with Gasteiger partial charge >= 0.3 is 29.8 Å². The molecule has 12 N–H and O–H groups in total. The van der Waals surface area contributed by atoms with Gasteiger partial charge in [-0.25, -0.2) is 4.98 Å². The van der Waals surface area contributed by atoms with Crippen LogP contribution in [0.2, 0.25) is 0 Å². The zero-order valence-electron chi connectivity index (χ0n) is 15.0. The van der Waals surface area contributed by atoms with Crippen LogP contribution in [0.4, 0.5) is 0 Å². The molecule has 0 aromatic carbocycles. The average Bonchev–Trinajstić information content (AvgIpc) is 3.07. The number of hydrogen-bond donors (Lipinski definition) is 9. The maximum absolute atomic E-state index is 10.3. The van der Waals surface area contributed by atoms with E-state index in [1.165, 1.54) is 6.33 Å². The molecule has 0 radical (unpaired) electrons. The summed E-state index contributed by atoms with van der Waals surface area (Å²) in [5, 5.41) is 40.5. The van der Waals surface area contributed by atoms with Gasteiger partial charge in [-0.1, -0.05) is 0 Å².